The molecule has 10 heteroatoms. The third kappa shape index (κ3) is 6.71. The maximum atomic E-state index is 13.4. The van der Waals surface area contributed by atoms with Gasteiger partial charge in [0, 0.05) is 24.4 Å². The SMILES string of the molecule is O=C(CSc1nc2ccccc2c(=O)n1Cc1ccc(C(=O)NC[C@H]2CCCO2)cc1)Nc1ccc(F)cc1. The Morgan fingerprint density at radius 3 is 2.56 bits per heavy atom. The lowest BCUT2D eigenvalue weighted by Gasteiger charge is -2.14. The second kappa shape index (κ2) is 12.2. The van der Waals surface area contributed by atoms with Gasteiger partial charge >= 0.3 is 0 Å². The van der Waals surface area contributed by atoms with E-state index in [1.807, 2.05) is 0 Å². The molecule has 1 atom stereocenters. The van der Waals surface area contributed by atoms with E-state index < -0.39 is 0 Å². The van der Waals surface area contributed by atoms with Crippen LogP contribution < -0.4 is 16.2 Å². The third-order valence-corrected chi connectivity index (χ3v) is 7.33. The van der Waals surface area contributed by atoms with E-state index >= 15 is 0 Å². The number of hydrogen-bond acceptors (Lipinski definition) is 6. The first-order chi connectivity index (χ1) is 19.0. The van der Waals surface area contributed by atoms with E-state index in [0.717, 1.165) is 36.8 Å². The van der Waals surface area contributed by atoms with Crippen molar-refractivity contribution < 1.29 is 18.7 Å². The summed E-state index contributed by atoms with van der Waals surface area (Å²) in [6, 6.07) is 19.6. The van der Waals surface area contributed by atoms with Gasteiger partial charge in [-0.1, -0.05) is 36.0 Å². The summed E-state index contributed by atoms with van der Waals surface area (Å²) in [6.07, 6.45) is 2.02. The molecule has 0 unspecified atom stereocenters. The smallest absolute Gasteiger partial charge is 0.262 e. The minimum atomic E-state index is -0.390. The van der Waals surface area contributed by atoms with Crippen LogP contribution in [0, 0.1) is 5.82 Å². The minimum Gasteiger partial charge on any atom is -0.376 e. The Kier molecular flexibility index (Phi) is 8.33. The number of nitrogens with one attached hydrogen (secondary N) is 2. The van der Waals surface area contributed by atoms with Gasteiger partial charge in [-0.25, -0.2) is 9.37 Å². The topological polar surface area (TPSA) is 102 Å². The van der Waals surface area contributed by atoms with Gasteiger partial charge in [-0.2, -0.15) is 0 Å². The first-order valence-electron chi connectivity index (χ1n) is 12.6. The highest BCUT2D eigenvalue weighted by Gasteiger charge is 2.17. The van der Waals surface area contributed by atoms with E-state index in [9.17, 15) is 18.8 Å². The van der Waals surface area contributed by atoms with Crippen LogP contribution in [0.2, 0.25) is 0 Å². The van der Waals surface area contributed by atoms with E-state index in [0.29, 0.717) is 33.9 Å². The quantitative estimate of drug-likeness (QED) is 0.241. The Labute approximate surface area is 228 Å². The lowest BCUT2D eigenvalue weighted by atomic mass is 10.1. The minimum absolute atomic E-state index is 0.00593. The number of rotatable bonds is 9. The largest absolute Gasteiger partial charge is 0.376 e. The van der Waals surface area contributed by atoms with E-state index in [-0.39, 0.29) is 41.6 Å². The second-order valence-electron chi connectivity index (χ2n) is 9.19. The van der Waals surface area contributed by atoms with Gasteiger partial charge in [-0.15, -0.1) is 0 Å². The van der Waals surface area contributed by atoms with Gasteiger partial charge < -0.3 is 15.4 Å². The van der Waals surface area contributed by atoms with Crippen molar-refractivity contribution in [2.24, 2.45) is 0 Å². The Hall–Kier alpha value is -4.02. The van der Waals surface area contributed by atoms with Crippen molar-refractivity contribution in [2.45, 2.75) is 30.6 Å². The molecular weight excluding hydrogens is 519 g/mol. The number of halogens is 1. The number of anilines is 1. The summed E-state index contributed by atoms with van der Waals surface area (Å²) in [4.78, 5) is 43.1. The average Bonchev–Trinajstić information content (AvgIpc) is 3.48. The van der Waals surface area contributed by atoms with Crippen LogP contribution in [-0.2, 0) is 16.1 Å². The fraction of sp³-hybridized carbons (Fsp3) is 0.241. The maximum Gasteiger partial charge on any atom is 0.262 e. The summed E-state index contributed by atoms with van der Waals surface area (Å²) < 4.78 is 20.2. The lowest BCUT2D eigenvalue weighted by molar-refractivity contribution is -0.113. The Morgan fingerprint density at radius 2 is 1.82 bits per heavy atom. The van der Waals surface area contributed by atoms with Gasteiger partial charge in [-0.05, 0) is 66.9 Å². The number of fused-ring (bicyclic) bond motifs is 1. The van der Waals surface area contributed by atoms with Gasteiger partial charge in [-0.3, -0.25) is 19.0 Å². The summed E-state index contributed by atoms with van der Waals surface area (Å²) in [5, 5.41) is 6.49. The van der Waals surface area contributed by atoms with Crippen LogP contribution in [-0.4, -0.2) is 46.4 Å². The normalized spacial score (nSPS) is 14.8. The molecule has 0 spiro atoms. The van der Waals surface area contributed by atoms with Crippen LogP contribution in [0.15, 0.2) is 82.7 Å². The van der Waals surface area contributed by atoms with Crippen molar-refractivity contribution in [3.05, 3.63) is 100 Å². The van der Waals surface area contributed by atoms with Crippen LogP contribution >= 0.6 is 11.8 Å². The van der Waals surface area contributed by atoms with E-state index in [4.69, 9.17) is 4.74 Å². The van der Waals surface area contributed by atoms with Crippen LogP contribution in [0.4, 0.5) is 10.1 Å². The number of hydrogen-bond donors (Lipinski definition) is 2. The van der Waals surface area contributed by atoms with Crippen molar-refractivity contribution in [2.75, 3.05) is 24.2 Å². The molecule has 2 N–H and O–H groups in total. The van der Waals surface area contributed by atoms with Crippen molar-refractivity contribution in [3.63, 3.8) is 0 Å². The molecule has 2 heterocycles. The van der Waals surface area contributed by atoms with Crippen LogP contribution in [0.5, 0.6) is 0 Å². The van der Waals surface area contributed by atoms with Crippen molar-refractivity contribution in [1.82, 2.24) is 14.9 Å². The summed E-state index contributed by atoms with van der Waals surface area (Å²) in [7, 11) is 0. The van der Waals surface area contributed by atoms with Crippen LogP contribution in [0.25, 0.3) is 10.9 Å². The molecule has 1 fully saturated rings. The monoisotopic (exact) mass is 546 g/mol. The van der Waals surface area contributed by atoms with Crippen LogP contribution in [0.1, 0.15) is 28.8 Å². The summed E-state index contributed by atoms with van der Waals surface area (Å²) >= 11 is 1.14. The number of benzene rings is 3. The Balaban J connectivity index is 1.31. The van der Waals surface area contributed by atoms with E-state index in [1.54, 1.807) is 48.5 Å². The third-order valence-electron chi connectivity index (χ3n) is 6.36. The molecule has 3 aromatic carbocycles. The number of nitrogens with zero attached hydrogens (tertiary/aromatic N) is 2. The number of thioether (sulfide) groups is 1. The molecule has 1 aliphatic heterocycles. The molecule has 4 aromatic rings. The number of para-hydroxylation sites is 1. The number of carbonyl (C=O) groups excluding carboxylic acids is 2. The highest BCUT2D eigenvalue weighted by molar-refractivity contribution is 7.99. The molecule has 5 rings (SSSR count). The second-order valence-corrected chi connectivity index (χ2v) is 10.1. The van der Waals surface area contributed by atoms with Crippen LogP contribution in [0.3, 0.4) is 0 Å². The zero-order valence-electron chi connectivity index (χ0n) is 21.1. The molecule has 1 aliphatic rings. The molecule has 8 nitrogen and oxygen atoms in total. The number of carbonyl (C=O) groups is 2. The molecule has 200 valence electrons. The molecule has 1 aromatic heterocycles. The first-order valence-corrected chi connectivity index (χ1v) is 13.6. The lowest BCUT2D eigenvalue weighted by Crippen LogP contribution is -2.31. The molecule has 39 heavy (non-hydrogen) atoms. The predicted octanol–water partition coefficient (Wildman–Crippen LogP) is 4.22. The maximum absolute atomic E-state index is 13.4. The fourth-order valence-electron chi connectivity index (χ4n) is 4.32. The number of amides is 2. The first kappa shape index (κ1) is 26.6. The molecule has 1 saturated heterocycles. The van der Waals surface area contributed by atoms with Gasteiger partial charge in [0.2, 0.25) is 5.91 Å². The molecule has 0 aliphatic carbocycles. The predicted molar refractivity (Wildman–Crippen MR) is 149 cm³/mol. The number of ether oxygens (including phenoxy) is 1. The number of aromatic nitrogens is 2. The zero-order chi connectivity index (χ0) is 27.2. The van der Waals surface area contributed by atoms with E-state index in [1.165, 1.54) is 28.8 Å². The Morgan fingerprint density at radius 1 is 1.05 bits per heavy atom. The molecule has 0 saturated carbocycles. The van der Waals surface area contributed by atoms with Gasteiger partial charge in [0.25, 0.3) is 11.5 Å². The standard InChI is InChI=1S/C29H27FN4O4S/c30-21-11-13-22(14-12-21)32-26(35)18-39-29-33-25-6-2-1-5-24(25)28(37)34(29)17-19-7-9-20(10-8-19)27(36)31-16-23-4-3-15-38-23/h1-2,5-14,23H,3-4,15-18H2,(H,31,36)(H,32,35)/t23-/m1/s1. The fourth-order valence-corrected chi connectivity index (χ4v) is 5.11. The van der Waals surface area contributed by atoms with E-state index in [2.05, 4.69) is 15.6 Å². The zero-order valence-corrected chi connectivity index (χ0v) is 21.9. The van der Waals surface area contributed by atoms with Crippen molar-refractivity contribution in [1.29, 1.82) is 0 Å². The highest BCUT2D eigenvalue weighted by Crippen LogP contribution is 2.20. The summed E-state index contributed by atoms with van der Waals surface area (Å²) in [6.45, 7) is 1.43. The van der Waals surface area contributed by atoms with Crippen molar-refractivity contribution >= 4 is 40.2 Å². The summed E-state index contributed by atoms with van der Waals surface area (Å²) in [5.41, 5.74) is 2.12. The summed E-state index contributed by atoms with van der Waals surface area (Å²) in [5.74, 6) is -0.866. The molecule has 0 bridgehead atoms. The Bertz CT molecular complexity index is 1530. The van der Waals surface area contributed by atoms with Gasteiger partial charge in [0.1, 0.15) is 5.82 Å². The van der Waals surface area contributed by atoms with Gasteiger partial charge in [0.15, 0.2) is 5.16 Å². The van der Waals surface area contributed by atoms with Crippen molar-refractivity contribution in [3.8, 4) is 0 Å². The molecule has 0 radical (unpaired) electrons. The molecule has 2 amide bonds. The average molecular weight is 547 g/mol. The highest BCUT2D eigenvalue weighted by atomic mass is 32.2. The molecular formula is C29H27FN4O4S. The van der Waals surface area contributed by atoms with Gasteiger partial charge in [0.05, 0.1) is 29.3 Å².